The van der Waals surface area contributed by atoms with E-state index in [2.05, 4.69) is 21.9 Å². The SMILES string of the molecule is COC(=O)CCc1ncccc1OCCCC/C=C/c1ccc(OC)cc1. The van der Waals surface area contributed by atoms with Gasteiger partial charge in [-0.05, 0) is 49.1 Å². The van der Waals surface area contributed by atoms with E-state index in [4.69, 9.17) is 9.47 Å². The molecule has 0 aliphatic carbocycles. The molecule has 5 heteroatoms. The molecule has 0 saturated heterocycles. The summed E-state index contributed by atoms with van der Waals surface area (Å²) >= 11 is 0. The number of unbranched alkanes of at least 4 members (excludes halogenated alkanes) is 2. The van der Waals surface area contributed by atoms with E-state index in [1.54, 1.807) is 13.3 Å². The van der Waals surface area contributed by atoms with Crippen LogP contribution in [-0.2, 0) is 16.0 Å². The minimum Gasteiger partial charge on any atom is -0.497 e. The number of ether oxygens (including phenoxy) is 3. The van der Waals surface area contributed by atoms with Crippen LogP contribution in [0.1, 0.15) is 36.9 Å². The summed E-state index contributed by atoms with van der Waals surface area (Å²) in [4.78, 5) is 15.6. The van der Waals surface area contributed by atoms with Crippen LogP contribution in [0.2, 0.25) is 0 Å². The lowest BCUT2D eigenvalue weighted by Gasteiger charge is -2.10. The van der Waals surface area contributed by atoms with Crippen molar-refractivity contribution in [1.82, 2.24) is 4.98 Å². The number of benzene rings is 1. The fourth-order valence-electron chi connectivity index (χ4n) is 2.55. The molecule has 0 aliphatic rings. The summed E-state index contributed by atoms with van der Waals surface area (Å²) in [6.07, 6.45) is 9.83. The molecule has 0 unspecified atom stereocenters. The van der Waals surface area contributed by atoms with E-state index in [1.807, 2.05) is 36.4 Å². The Morgan fingerprint density at radius 3 is 2.67 bits per heavy atom. The number of allylic oxidation sites excluding steroid dienone is 1. The summed E-state index contributed by atoms with van der Waals surface area (Å²) in [5, 5.41) is 0. The first kappa shape index (κ1) is 20.5. The van der Waals surface area contributed by atoms with Crippen LogP contribution < -0.4 is 9.47 Å². The Bertz CT molecular complexity index is 725. The Hall–Kier alpha value is -2.82. The van der Waals surface area contributed by atoms with Gasteiger partial charge in [0, 0.05) is 12.6 Å². The van der Waals surface area contributed by atoms with E-state index >= 15 is 0 Å². The van der Waals surface area contributed by atoms with Crippen LogP contribution in [0.4, 0.5) is 0 Å². The van der Waals surface area contributed by atoms with Gasteiger partial charge in [0.15, 0.2) is 0 Å². The Morgan fingerprint density at radius 1 is 1.11 bits per heavy atom. The maximum absolute atomic E-state index is 11.3. The largest absolute Gasteiger partial charge is 0.497 e. The third-order valence-electron chi connectivity index (χ3n) is 4.09. The number of aryl methyl sites for hydroxylation is 1. The van der Waals surface area contributed by atoms with Gasteiger partial charge in [0.25, 0.3) is 0 Å². The average molecular weight is 369 g/mol. The topological polar surface area (TPSA) is 57.7 Å². The highest BCUT2D eigenvalue weighted by Gasteiger charge is 2.08. The van der Waals surface area contributed by atoms with Gasteiger partial charge < -0.3 is 14.2 Å². The molecule has 5 nitrogen and oxygen atoms in total. The van der Waals surface area contributed by atoms with Crippen LogP contribution in [-0.4, -0.2) is 31.8 Å². The second-order valence-electron chi connectivity index (χ2n) is 6.04. The highest BCUT2D eigenvalue weighted by molar-refractivity contribution is 5.69. The van der Waals surface area contributed by atoms with Crippen LogP contribution in [0.25, 0.3) is 6.08 Å². The summed E-state index contributed by atoms with van der Waals surface area (Å²) in [6, 6.07) is 11.7. The molecule has 0 amide bonds. The van der Waals surface area contributed by atoms with E-state index in [1.165, 1.54) is 7.11 Å². The number of carbonyl (C=O) groups excluding carboxylic acids is 1. The first-order chi connectivity index (χ1) is 13.2. The number of hydrogen-bond donors (Lipinski definition) is 0. The van der Waals surface area contributed by atoms with Crippen molar-refractivity contribution in [1.29, 1.82) is 0 Å². The predicted octanol–water partition coefficient (Wildman–Crippen LogP) is 4.46. The fourth-order valence-corrected chi connectivity index (χ4v) is 2.55. The number of methoxy groups -OCH3 is 2. The maximum atomic E-state index is 11.3. The van der Waals surface area contributed by atoms with Crippen molar-refractivity contribution in [3.8, 4) is 11.5 Å². The number of hydrogen-bond acceptors (Lipinski definition) is 5. The Balaban J connectivity index is 1.67. The van der Waals surface area contributed by atoms with Crippen LogP contribution in [0.5, 0.6) is 11.5 Å². The summed E-state index contributed by atoms with van der Waals surface area (Å²) in [6.45, 7) is 0.632. The molecule has 0 radical (unpaired) electrons. The summed E-state index contributed by atoms with van der Waals surface area (Å²) in [5.74, 6) is 1.37. The number of aromatic nitrogens is 1. The van der Waals surface area contributed by atoms with E-state index < -0.39 is 0 Å². The lowest BCUT2D eigenvalue weighted by molar-refractivity contribution is -0.140. The molecule has 0 fully saturated rings. The van der Waals surface area contributed by atoms with Gasteiger partial charge in [-0.3, -0.25) is 9.78 Å². The van der Waals surface area contributed by atoms with Crippen LogP contribution in [0, 0.1) is 0 Å². The van der Waals surface area contributed by atoms with Gasteiger partial charge in [0.05, 0.1) is 32.9 Å². The number of rotatable bonds is 11. The van der Waals surface area contributed by atoms with Crippen molar-refractivity contribution < 1.29 is 19.0 Å². The van der Waals surface area contributed by atoms with Crippen molar-refractivity contribution in [2.24, 2.45) is 0 Å². The monoisotopic (exact) mass is 369 g/mol. The molecule has 2 rings (SSSR count). The Morgan fingerprint density at radius 2 is 1.93 bits per heavy atom. The van der Waals surface area contributed by atoms with Crippen molar-refractivity contribution in [3.63, 3.8) is 0 Å². The normalized spacial score (nSPS) is 10.7. The molecular weight excluding hydrogens is 342 g/mol. The summed E-state index contributed by atoms with van der Waals surface area (Å²) in [7, 11) is 3.06. The Labute approximate surface area is 161 Å². The molecule has 0 spiro atoms. The van der Waals surface area contributed by atoms with Gasteiger partial charge in [-0.1, -0.05) is 24.3 Å². The van der Waals surface area contributed by atoms with Crippen molar-refractivity contribution in [2.75, 3.05) is 20.8 Å². The third kappa shape index (κ3) is 7.52. The molecule has 1 aromatic heterocycles. The zero-order valence-corrected chi connectivity index (χ0v) is 16.0. The number of pyridine rings is 1. The molecule has 0 bridgehead atoms. The van der Waals surface area contributed by atoms with Crippen LogP contribution in [0.3, 0.4) is 0 Å². The predicted molar refractivity (Wildman–Crippen MR) is 106 cm³/mol. The van der Waals surface area contributed by atoms with Gasteiger partial charge in [0.2, 0.25) is 0 Å². The number of carbonyl (C=O) groups is 1. The molecule has 0 saturated carbocycles. The molecule has 0 atom stereocenters. The highest BCUT2D eigenvalue weighted by atomic mass is 16.5. The first-order valence-electron chi connectivity index (χ1n) is 9.17. The van der Waals surface area contributed by atoms with Gasteiger partial charge in [-0.15, -0.1) is 0 Å². The quantitative estimate of drug-likeness (QED) is 0.432. The maximum Gasteiger partial charge on any atom is 0.305 e. The highest BCUT2D eigenvalue weighted by Crippen LogP contribution is 2.18. The van der Waals surface area contributed by atoms with Crippen LogP contribution in [0.15, 0.2) is 48.7 Å². The molecule has 2 aromatic rings. The standard InChI is InChI=1S/C22H27NO4/c1-25-19-12-10-18(11-13-19)8-5-3-4-6-17-27-21-9-7-16-23-20(21)14-15-22(24)26-2/h5,7-13,16H,3-4,6,14-15,17H2,1-2H3/b8-5+. The van der Waals surface area contributed by atoms with Gasteiger partial charge in [-0.2, -0.15) is 0 Å². The molecule has 0 N–H and O–H groups in total. The van der Waals surface area contributed by atoms with Crippen molar-refractivity contribution >= 4 is 12.0 Å². The molecule has 1 aromatic carbocycles. The van der Waals surface area contributed by atoms with E-state index in [-0.39, 0.29) is 5.97 Å². The second-order valence-corrected chi connectivity index (χ2v) is 6.04. The lowest BCUT2D eigenvalue weighted by atomic mass is 10.1. The first-order valence-corrected chi connectivity index (χ1v) is 9.17. The molecule has 1 heterocycles. The smallest absolute Gasteiger partial charge is 0.305 e. The molecule has 27 heavy (non-hydrogen) atoms. The minimum atomic E-state index is -0.241. The van der Waals surface area contributed by atoms with Crippen molar-refractivity contribution in [3.05, 3.63) is 59.9 Å². The fraction of sp³-hybridized carbons (Fsp3) is 0.364. The zero-order valence-electron chi connectivity index (χ0n) is 16.0. The van der Waals surface area contributed by atoms with Gasteiger partial charge in [-0.25, -0.2) is 0 Å². The third-order valence-corrected chi connectivity index (χ3v) is 4.09. The zero-order chi connectivity index (χ0) is 19.3. The molecular formula is C22H27NO4. The van der Waals surface area contributed by atoms with Crippen molar-refractivity contribution in [2.45, 2.75) is 32.1 Å². The summed E-state index contributed by atoms with van der Waals surface area (Å²) < 4.78 is 15.7. The average Bonchev–Trinajstić information content (AvgIpc) is 2.72. The number of esters is 1. The molecule has 144 valence electrons. The molecule has 0 aliphatic heterocycles. The van der Waals surface area contributed by atoms with E-state index in [0.717, 1.165) is 42.0 Å². The summed E-state index contributed by atoms with van der Waals surface area (Å²) in [5.41, 5.74) is 1.96. The number of nitrogens with zero attached hydrogens (tertiary/aromatic N) is 1. The van der Waals surface area contributed by atoms with E-state index in [9.17, 15) is 4.79 Å². The minimum absolute atomic E-state index is 0.241. The van der Waals surface area contributed by atoms with Gasteiger partial charge in [0.1, 0.15) is 11.5 Å². The lowest BCUT2D eigenvalue weighted by Crippen LogP contribution is -2.06. The second kappa shape index (κ2) is 11.7. The van der Waals surface area contributed by atoms with Crippen LogP contribution >= 0.6 is 0 Å². The van der Waals surface area contributed by atoms with E-state index in [0.29, 0.717) is 19.4 Å². The van der Waals surface area contributed by atoms with Gasteiger partial charge >= 0.3 is 5.97 Å². The Kier molecular flexibility index (Phi) is 8.90.